The minimum atomic E-state index is 0.522. The van der Waals surface area contributed by atoms with E-state index in [0.29, 0.717) is 6.04 Å². The topological polar surface area (TPSA) is 21.3 Å². The third kappa shape index (κ3) is 2.65. The number of rotatable bonds is 5. The summed E-state index contributed by atoms with van der Waals surface area (Å²) in [6.45, 7) is 5.25. The fourth-order valence-corrected chi connectivity index (χ4v) is 2.11. The maximum Gasteiger partial charge on any atom is 0.123 e. The third-order valence-electron chi connectivity index (χ3n) is 3.46. The Kier molecular flexibility index (Phi) is 4.21. The van der Waals surface area contributed by atoms with E-state index >= 15 is 0 Å². The van der Waals surface area contributed by atoms with Gasteiger partial charge in [-0.05, 0) is 30.2 Å². The van der Waals surface area contributed by atoms with Crippen LogP contribution in [0.15, 0.2) is 36.4 Å². The van der Waals surface area contributed by atoms with Crippen LogP contribution in [0.25, 0.3) is 10.8 Å². The molecule has 0 radical (unpaired) electrons. The van der Waals surface area contributed by atoms with Gasteiger partial charge in [0.2, 0.25) is 0 Å². The Balaban J connectivity index is 2.38. The Bertz CT molecular complexity index is 521. The van der Waals surface area contributed by atoms with Gasteiger partial charge in [0, 0.05) is 18.2 Å². The highest BCUT2D eigenvalue weighted by atomic mass is 16.5. The van der Waals surface area contributed by atoms with E-state index in [-0.39, 0.29) is 0 Å². The summed E-state index contributed by atoms with van der Waals surface area (Å²) < 4.78 is 5.48. The van der Waals surface area contributed by atoms with Crippen molar-refractivity contribution in [3.05, 3.63) is 42.0 Å². The molecule has 1 atom stereocenters. The summed E-state index contributed by atoms with van der Waals surface area (Å²) in [5, 5.41) is 6.07. The summed E-state index contributed by atoms with van der Waals surface area (Å²) in [7, 11) is 1.73. The number of hydrogen-bond acceptors (Lipinski definition) is 2. The van der Waals surface area contributed by atoms with Crippen LogP contribution in [0.3, 0.4) is 0 Å². The minimum Gasteiger partial charge on any atom is -0.496 e. The molecule has 0 aliphatic rings. The van der Waals surface area contributed by atoms with E-state index in [0.717, 1.165) is 18.7 Å². The summed E-state index contributed by atoms with van der Waals surface area (Å²) in [5.74, 6) is 0.963. The highest BCUT2D eigenvalue weighted by Gasteiger charge is 2.08. The molecule has 0 saturated heterocycles. The fraction of sp³-hybridized carbons (Fsp3) is 0.375. The standard InChI is InChI=1S/C16H21NO/c1-4-12(2)17-11-15-14-8-6-5-7-13(14)9-10-16(15)18-3/h5-10,12,17H,4,11H2,1-3H3. The minimum absolute atomic E-state index is 0.522. The summed E-state index contributed by atoms with van der Waals surface area (Å²) in [5.41, 5.74) is 1.25. The van der Waals surface area contributed by atoms with Crippen molar-refractivity contribution in [2.75, 3.05) is 7.11 Å². The summed E-state index contributed by atoms with van der Waals surface area (Å²) in [6, 6.07) is 13.1. The normalized spacial score (nSPS) is 12.6. The van der Waals surface area contributed by atoms with Gasteiger partial charge in [-0.3, -0.25) is 0 Å². The molecule has 0 saturated carbocycles. The van der Waals surface area contributed by atoms with E-state index in [4.69, 9.17) is 4.74 Å². The van der Waals surface area contributed by atoms with Crippen LogP contribution >= 0.6 is 0 Å². The molecular formula is C16H21NO. The van der Waals surface area contributed by atoms with Crippen LogP contribution in [-0.4, -0.2) is 13.2 Å². The lowest BCUT2D eigenvalue weighted by molar-refractivity contribution is 0.406. The molecule has 0 aliphatic carbocycles. The third-order valence-corrected chi connectivity index (χ3v) is 3.46. The van der Waals surface area contributed by atoms with Crippen LogP contribution in [0.2, 0.25) is 0 Å². The number of fused-ring (bicyclic) bond motifs is 1. The number of methoxy groups -OCH3 is 1. The van der Waals surface area contributed by atoms with Gasteiger partial charge in [-0.2, -0.15) is 0 Å². The lowest BCUT2D eigenvalue weighted by Crippen LogP contribution is -2.24. The Morgan fingerprint density at radius 2 is 1.94 bits per heavy atom. The number of ether oxygens (including phenoxy) is 1. The molecule has 2 aromatic carbocycles. The predicted octanol–water partition coefficient (Wildman–Crippen LogP) is 3.74. The zero-order valence-electron chi connectivity index (χ0n) is 11.4. The Hall–Kier alpha value is -1.54. The highest BCUT2D eigenvalue weighted by Crippen LogP contribution is 2.27. The monoisotopic (exact) mass is 243 g/mol. The molecular weight excluding hydrogens is 222 g/mol. The van der Waals surface area contributed by atoms with E-state index in [1.54, 1.807) is 7.11 Å². The van der Waals surface area contributed by atoms with Crippen LogP contribution in [0.5, 0.6) is 5.75 Å². The second-order valence-corrected chi connectivity index (χ2v) is 4.66. The highest BCUT2D eigenvalue weighted by molar-refractivity contribution is 5.87. The van der Waals surface area contributed by atoms with Gasteiger partial charge in [-0.15, -0.1) is 0 Å². The summed E-state index contributed by atoms with van der Waals surface area (Å²) in [6.07, 6.45) is 1.13. The molecule has 0 heterocycles. The first-order chi connectivity index (χ1) is 8.76. The second kappa shape index (κ2) is 5.87. The molecule has 2 heteroatoms. The SMILES string of the molecule is CCC(C)NCc1c(OC)ccc2ccccc12. The average Bonchev–Trinajstić information content (AvgIpc) is 2.44. The molecule has 96 valence electrons. The van der Waals surface area contributed by atoms with Crippen molar-refractivity contribution >= 4 is 10.8 Å². The van der Waals surface area contributed by atoms with Crippen LogP contribution < -0.4 is 10.1 Å². The first-order valence-electron chi connectivity index (χ1n) is 6.54. The Labute approximate surface area is 109 Å². The zero-order valence-corrected chi connectivity index (χ0v) is 11.4. The molecule has 2 aromatic rings. The smallest absolute Gasteiger partial charge is 0.123 e. The van der Waals surface area contributed by atoms with Gasteiger partial charge in [-0.25, -0.2) is 0 Å². The molecule has 18 heavy (non-hydrogen) atoms. The summed E-state index contributed by atoms with van der Waals surface area (Å²) in [4.78, 5) is 0. The quantitative estimate of drug-likeness (QED) is 0.863. The molecule has 2 nitrogen and oxygen atoms in total. The van der Waals surface area contributed by atoms with Crippen LogP contribution in [0.4, 0.5) is 0 Å². The average molecular weight is 243 g/mol. The Morgan fingerprint density at radius 3 is 2.67 bits per heavy atom. The maximum absolute atomic E-state index is 5.48. The molecule has 0 amide bonds. The molecule has 0 bridgehead atoms. The van der Waals surface area contributed by atoms with Crippen LogP contribution in [0, 0.1) is 0 Å². The fourth-order valence-electron chi connectivity index (χ4n) is 2.11. The van der Waals surface area contributed by atoms with Crippen molar-refractivity contribution in [3.63, 3.8) is 0 Å². The number of hydrogen-bond donors (Lipinski definition) is 1. The van der Waals surface area contributed by atoms with Gasteiger partial charge in [0.1, 0.15) is 5.75 Å². The van der Waals surface area contributed by atoms with E-state index < -0.39 is 0 Å². The number of benzene rings is 2. The van der Waals surface area contributed by atoms with E-state index in [2.05, 4.69) is 55.6 Å². The van der Waals surface area contributed by atoms with Crippen molar-refractivity contribution in [3.8, 4) is 5.75 Å². The van der Waals surface area contributed by atoms with Gasteiger partial charge in [0.15, 0.2) is 0 Å². The first kappa shape index (κ1) is 12.9. The molecule has 1 unspecified atom stereocenters. The predicted molar refractivity (Wildman–Crippen MR) is 77.1 cm³/mol. The first-order valence-corrected chi connectivity index (χ1v) is 6.54. The molecule has 2 rings (SSSR count). The number of nitrogens with one attached hydrogen (secondary N) is 1. The van der Waals surface area contributed by atoms with Crippen molar-refractivity contribution in [1.82, 2.24) is 5.32 Å². The van der Waals surface area contributed by atoms with Crippen molar-refractivity contribution in [2.24, 2.45) is 0 Å². The van der Waals surface area contributed by atoms with Crippen LogP contribution in [0.1, 0.15) is 25.8 Å². The van der Waals surface area contributed by atoms with Crippen molar-refractivity contribution < 1.29 is 4.74 Å². The summed E-state index contributed by atoms with van der Waals surface area (Å²) >= 11 is 0. The van der Waals surface area contributed by atoms with E-state index in [1.165, 1.54) is 16.3 Å². The van der Waals surface area contributed by atoms with Gasteiger partial charge < -0.3 is 10.1 Å². The molecule has 0 aliphatic heterocycles. The molecule has 0 spiro atoms. The lowest BCUT2D eigenvalue weighted by atomic mass is 10.0. The largest absolute Gasteiger partial charge is 0.496 e. The van der Waals surface area contributed by atoms with Gasteiger partial charge >= 0.3 is 0 Å². The van der Waals surface area contributed by atoms with E-state index in [1.807, 2.05) is 0 Å². The van der Waals surface area contributed by atoms with E-state index in [9.17, 15) is 0 Å². The molecule has 1 N–H and O–H groups in total. The van der Waals surface area contributed by atoms with Crippen molar-refractivity contribution in [2.45, 2.75) is 32.9 Å². The Morgan fingerprint density at radius 1 is 1.17 bits per heavy atom. The molecule has 0 fully saturated rings. The van der Waals surface area contributed by atoms with Gasteiger partial charge in [-0.1, -0.05) is 37.3 Å². The second-order valence-electron chi connectivity index (χ2n) is 4.66. The van der Waals surface area contributed by atoms with Crippen LogP contribution in [-0.2, 0) is 6.54 Å². The lowest BCUT2D eigenvalue weighted by Gasteiger charge is -2.16. The maximum atomic E-state index is 5.48. The molecule has 0 aromatic heterocycles. The van der Waals surface area contributed by atoms with Gasteiger partial charge in [0.25, 0.3) is 0 Å². The zero-order chi connectivity index (χ0) is 13.0. The van der Waals surface area contributed by atoms with Crippen molar-refractivity contribution in [1.29, 1.82) is 0 Å². The van der Waals surface area contributed by atoms with Gasteiger partial charge in [0.05, 0.1) is 7.11 Å².